The second-order valence-corrected chi connectivity index (χ2v) is 4.96. The van der Waals surface area contributed by atoms with E-state index in [2.05, 4.69) is 70.0 Å². The lowest BCUT2D eigenvalue weighted by molar-refractivity contribution is 0.959. The Bertz CT molecular complexity index is 887. The van der Waals surface area contributed by atoms with Crippen molar-refractivity contribution in [1.29, 1.82) is 0 Å². The van der Waals surface area contributed by atoms with Crippen LogP contribution in [0.1, 0.15) is 11.1 Å². The Morgan fingerprint density at radius 1 is 0.800 bits per heavy atom. The van der Waals surface area contributed by atoms with Crippen LogP contribution in [0.2, 0.25) is 0 Å². The number of fused-ring (bicyclic) bond motifs is 2. The Balaban J connectivity index is 1.80. The van der Waals surface area contributed by atoms with Crippen molar-refractivity contribution in [3.8, 4) is 0 Å². The molecule has 96 valence electrons. The van der Waals surface area contributed by atoms with Gasteiger partial charge in [-0.25, -0.2) is 0 Å². The summed E-state index contributed by atoms with van der Waals surface area (Å²) in [6.07, 6.45) is 0.907. The van der Waals surface area contributed by atoms with Crippen LogP contribution in [-0.2, 0) is 6.42 Å². The largest absolute Gasteiger partial charge is 0.197 e. The van der Waals surface area contributed by atoms with Crippen LogP contribution in [0.3, 0.4) is 0 Å². The maximum Gasteiger partial charge on any atom is 0.113 e. The van der Waals surface area contributed by atoms with Gasteiger partial charge in [0.1, 0.15) is 11.0 Å². The molecule has 0 aliphatic carbocycles. The number of H-pyrrole nitrogens is 1. The molecule has 0 saturated carbocycles. The smallest absolute Gasteiger partial charge is 0.113 e. The zero-order chi connectivity index (χ0) is 13.4. The molecule has 1 heterocycles. The van der Waals surface area contributed by atoms with Crippen LogP contribution >= 0.6 is 0 Å². The van der Waals surface area contributed by atoms with E-state index in [9.17, 15) is 0 Å². The van der Waals surface area contributed by atoms with Crippen molar-refractivity contribution in [3.05, 3.63) is 71.8 Å². The summed E-state index contributed by atoms with van der Waals surface area (Å²) in [5, 5.41) is 13.5. The third kappa shape index (κ3) is 1.84. The average Bonchev–Trinajstić information content (AvgIpc) is 2.95. The molecule has 1 N–H and O–H groups in total. The van der Waals surface area contributed by atoms with E-state index >= 15 is 0 Å². The summed E-state index contributed by atoms with van der Waals surface area (Å²) in [5.74, 6) is 0. The summed E-state index contributed by atoms with van der Waals surface area (Å²) in [6, 6.07) is 21.2. The van der Waals surface area contributed by atoms with E-state index in [0.29, 0.717) is 0 Å². The highest BCUT2D eigenvalue weighted by atomic mass is 15.3. The summed E-state index contributed by atoms with van der Waals surface area (Å²) in [4.78, 5) is 0. The Kier molecular flexibility index (Phi) is 2.49. The van der Waals surface area contributed by atoms with E-state index in [1.165, 1.54) is 21.9 Å². The first-order chi connectivity index (χ1) is 9.90. The van der Waals surface area contributed by atoms with Crippen molar-refractivity contribution in [2.75, 3.05) is 0 Å². The fourth-order valence-electron chi connectivity index (χ4n) is 2.66. The molecule has 0 amide bonds. The highest BCUT2D eigenvalue weighted by Crippen LogP contribution is 2.22. The van der Waals surface area contributed by atoms with Crippen molar-refractivity contribution in [2.24, 2.45) is 0 Å². The van der Waals surface area contributed by atoms with Crippen LogP contribution in [0.4, 0.5) is 0 Å². The molecule has 0 radical (unpaired) electrons. The molecule has 1 aromatic heterocycles. The van der Waals surface area contributed by atoms with Gasteiger partial charge in [0.15, 0.2) is 0 Å². The SMILES string of the molecule is c1ccc2c(Cc3ccc4n[nH]nc4c3)cccc2c1. The van der Waals surface area contributed by atoms with Gasteiger partial charge in [0.2, 0.25) is 0 Å². The number of nitrogens with one attached hydrogen (secondary N) is 1. The number of rotatable bonds is 2. The van der Waals surface area contributed by atoms with Crippen LogP contribution in [0.15, 0.2) is 60.7 Å². The normalized spacial score (nSPS) is 11.2. The molecular weight excluding hydrogens is 246 g/mol. The summed E-state index contributed by atoms with van der Waals surface area (Å²) >= 11 is 0. The number of hydrogen-bond acceptors (Lipinski definition) is 2. The van der Waals surface area contributed by atoms with E-state index in [-0.39, 0.29) is 0 Å². The van der Waals surface area contributed by atoms with Gasteiger partial charge in [-0.15, -0.1) is 0 Å². The summed E-state index contributed by atoms with van der Waals surface area (Å²) in [6.45, 7) is 0. The van der Waals surface area contributed by atoms with Crippen molar-refractivity contribution in [2.45, 2.75) is 6.42 Å². The van der Waals surface area contributed by atoms with Gasteiger partial charge < -0.3 is 0 Å². The van der Waals surface area contributed by atoms with E-state index in [0.717, 1.165) is 17.5 Å². The van der Waals surface area contributed by atoms with E-state index in [4.69, 9.17) is 0 Å². The van der Waals surface area contributed by atoms with Crippen molar-refractivity contribution in [3.63, 3.8) is 0 Å². The average molecular weight is 259 g/mol. The fraction of sp³-hybridized carbons (Fsp3) is 0.0588. The van der Waals surface area contributed by atoms with Crippen LogP contribution < -0.4 is 0 Å². The van der Waals surface area contributed by atoms with Gasteiger partial charge in [-0.05, 0) is 40.5 Å². The maximum absolute atomic E-state index is 4.15. The molecule has 3 nitrogen and oxygen atoms in total. The molecule has 4 rings (SSSR count). The lowest BCUT2D eigenvalue weighted by Gasteiger charge is -2.06. The first-order valence-corrected chi connectivity index (χ1v) is 6.66. The van der Waals surface area contributed by atoms with Gasteiger partial charge in [0.25, 0.3) is 0 Å². The molecule has 0 atom stereocenters. The van der Waals surface area contributed by atoms with Gasteiger partial charge >= 0.3 is 0 Å². The Labute approximate surface area is 116 Å². The Morgan fingerprint density at radius 3 is 2.65 bits per heavy atom. The first kappa shape index (κ1) is 11.2. The number of benzene rings is 3. The predicted molar refractivity (Wildman–Crippen MR) is 80.6 cm³/mol. The summed E-state index contributed by atoms with van der Waals surface area (Å²) < 4.78 is 0. The molecule has 4 aromatic rings. The molecular formula is C17H13N3. The topological polar surface area (TPSA) is 41.6 Å². The number of aromatic amines is 1. The fourth-order valence-corrected chi connectivity index (χ4v) is 2.66. The Morgan fingerprint density at radius 2 is 1.65 bits per heavy atom. The molecule has 0 bridgehead atoms. The lowest BCUT2D eigenvalue weighted by Crippen LogP contribution is -1.90. The number of hydrogen-bond donors (Lipinski definition) is 1. The third-order valence-electron chi connectivity index (χ3n) is 3.66. The van der Waals surface area contributed by atoms with Crippen molar-refractivity contribution >= 4 is 21.8 Å². The van der Waals surface area contributed by atoms with Gasteiger partial charge in [0.05, 0.1) is 0 Å². The second kappa shape index (κ2) is 4.46. The molecule has 0 aliphatic rings. The Hall–Kier alpha value is -2.68. The van der Waals surface area contributed by atoms with Crippen LogP contribution in [-0.4, -0.2) is 15.4 Å². The minimum Gasteiger partial charge on any atom is -0.197 e. The predicted octanol–water partition coefficient (Wildman–Crippen LogP) is 3.70. The van der Waals surface area contributed by atoms with Crippen LogP contribution in [0, 0.1) is 0 Å². The highest BCUT2D eigenvalue weighted by Gasteiger charge is 2.04. The highest BCUT2D eigenvalue weighted by molar-refractivity contribution is 5.86. The molecule has 0 saturated heterocycles. The number of aromatic nitrogens is 3. The molecule has 0 fully saturated rings. The molecule has 0 spiro atoms. The van der Waals surface area contributed by atoms with E-state index in [1.807, 2.05) is 6.07 Å². The zero-order valence-electron chi connectivity index (χ0n) is 10.9. The van der Waals surface area contributed by atoms with Gasteiger partial charge in [0, 0.05) is 0 Å². The van der Waals surface area contributed by atoms with Crippen LogP contribution in [0.25, 0.3) is 21.8 Å². The first-order valence-electron chi connectivity index (χ1n) is 6.66. The zero-order valence-corrected chi connectivity index (χ0v) is 10.9. The summed E-state index contributed by atoms with van der Waals surface area (Å²) in [5.41, 5.74) is 4.42. The molecule has 0 aliphatic heterocycles. The van der Waals surface area contributed by atoms with Crippen molar-refractivity contribution < 1.29 is 0 Å². The third-order valence-corrected chi connectivity index (χ3v) is 3.66. The van der Waals surface area contributed by atoms with Gasteiger partial charge in [-0.2, -0.15) is 15.4 Å². The molecule has 20 heavy (non-hydrogen) atoms. The van der Waals surface area contributed by atoms with Crippen molar-refractivity contribution in [1.82, 2.24) is 15.4 Å². The maximum atomic E-state index is 4.15. The number of nitrogens with zero attached hydrogens (tertiary/aromatic N) is 2. The minimum atomic E-state index is 0.907. The monoisotopic (exact) mass is 259 g/mol. The second-order valence-electron chi connectivity index (χ2n) is 4.96. The summed E-state index contributed by atoms with van der Waals surface area (Å²) in [7, 11) is 0. The molecule has 0 unspecified atom stereocenters. The van der Waals surface area contributed by atoms with E-state index < -0.39 is 0 Å². The standard InChI is InChI=1S/C17H13N3/c1-2-7-15-13(4-1)5-3-6-14(15)10-12-8-9-16-17(11-12)19-20-18-16/h1-9,11H,10H2,(H,18,19,20). The molecule has 3 heteroatoms. The van der Waals surface area contributed by atoms with Gasteiger partial charge in [-0.3, -0.25) is 0 Å². The minimum absolute atomic E-state index is 0.907. The van der Waals surface area contributed by atoms with Gasteiger partial charge in [-0.1, -0.05) is 48.5 Å². The molecule has 3 aromatic carbocycles. The van der Waals surface area contributed by atoms with Crippen LogP contribution in [0.5, 0.6) is 0 Å². The quantitative estimate of drug-likeness (QED) is 0.596. The van der Waals surface area contributed by atoms with E-state index in [1.54, 1.807) is 0 Å². The lowest BCUT2D eigenvalue weighted by atomic mass is 9.98.